The van der Waals surface area contributed by atoms with Gasteiger partial charge in [0.2, 0.25) is 0 Å². The van der Waals surface area contributed by atoms with E-state index in [-0.39, 0.29) is 5.54 Å². The molecule has 0 spiro atoms. The van der Waals surface area contributed by atoms with Gasteiger partial charge in [0.15, 0.2) is 0 Å². The van der Waals surface area contributed by atoms with Crippen LogP contribution >= 0.6 is 0 Å². The van der Waals surface area contributed by atoms with Crippen LogP contribution in [0.15, 0.2) is 37.1 Å². The molecule has 18 heavy (non-hydrogen) atoms. The van der Waals surface area contributed by atoms with Crippen molar-refractivity contribution in [3.63, 3.8) is 0 Å². The molecule has 4 nitrogen and oxygen atoms in total. The van der Waals surface area contributed by atoms with Crippen LogP contribution in [0.2, 0.25) is 0 Å². The van der Waals surface area contributed by atoms with Crippen molar-refractivity contribution < 1.29 is 0 Å². The minimum atomic E-state index is 0.0484. The maximum atomic E-state index is 5.58. The van der Waals surface area contributed by atoms with Gasteiger partial charge < -0.3 is 10.3 Å². The maximum absolute atomic E-state index is 5.58. The topological polar surface area (TPSA) is 56.7 Å². The van der Waals surface area contributed by atoms with E-state index in [0.29, 0.717) is 0 Å². The van der Waals surface area contributed by atoms with Gasteiger partial charge in [-0.2, -0.15) is 0 Å². The molecule has 2 aromatic rings. The summed E-state index contributed by atoms with van der Waals surface area (Å²) >= 11 is 0. The Labute approximate surface area is 108 Å². The first-order valence-electron chi connectivity index (χ1n) is 6.28. The first-order chi connectivity index (χ1) is 8.63. The van der Waals surface area contributed by atoms with Gasteiger partial charge in [-0.15, -0.1) is 0 Å². The van der Waals surface area contributed by atoms with E-state index in [4.69, 9.17) is 5.73 Å². The van der Waals surface area contributed by atoms with E-state index in [1.807, 2.05) is 24.7 Å². The fraction of sp³-hybridized carbons (Fsp3) is 0.429. The first-order valence-corrected chi connectivity index (χ1v) is 6.28. The normalized spacial score (nSPS) is 11.7. The number of rotatable bonds is 5. The van der Waals surface area contributed by atoms with E-state index in [1.165, 1.54) is 0 Å². The lowest BCUT2D eigenvalue weighted by Gasteiger charge is -2.26. The minimum Gasteiger partial charge on any atom is -0.331 e. The standard InChI is InChI=1S/C14H20N4/c1-14(2,6-4-7-15)18-10-13(17-11-18)12-5-3-8-16-9-12/h3,5,8-11H,4,6-7,15H2,1-2H3. The number of imidazole rings is 1. The Morgan fingerprint density at radius 2 is 2.22 bits per heavy atom. The molecule has 0 aliphatic heterocycles. The monoisotopic (exact) mass is 244 g/mol. The summed E-state index contributed by atoms with van der Waals surface area (Å²) < 4.78 is 2.16. The van der Waals surface area contributed by atoms with Crippen LogP contribution in [0.3, 0.4) is 0 Å². The Bertz CT molecular complexity index is 488. The second kappa shape index (κ2) is 5.31. The van der Waals surface area contributed by atoms with Crippen molar-refractivity contribution in [3.05, 3.63) is 37.1 Å². The van der Waals surface area contributed by atoms with Gasteiger partial charge in [0, 0.05) is 29.7 Å². The smallest absolute Gasteiger partial charge is 0.0958 e. The van der Waals surface area contributed by atoms with Crippen LogP contribution in [-0.2, 0) is 5.54 Å². The third-order valence-corrected chi connectivity index (χ3v) is 3.23. The zero-order valence-electron chi connectivity index (χ0n) is 11.0. The third kappa shape index (κ3) is 2.76. The van der Waals surface area contributed by atoms with Crippen LogP contribution in [-0.4, -0.2) is 21.1 Å². The van der Waals surface area contributed by atoms with Crippen molar-refractivity contribution in [3.8, 4) is 11.3 Å². The average Bonchev–Trinajstić information content (AvgIpc) is 2.88. The summed E-state index contributed by atoms with van der Waals surface area (Å²) in [7, 11) is 0. The number of aromatic nitrogens is 3. The van der Waals surface area contributed by atoms with E-state index >= 15 is 0 Å². The largest absolute Gasteiger partial charge is 0.331 e. The molecule has 0 bridgehead atoms. The molecule has 0 aromatic carbocycles. The predicted octanol–water partition coefficient (Wildman–Crippen LogP) is 2.42. The van der Waals surface area contributed by atoms with Crippen molar-refractivity contribution in [1.29, 1.82) is 0 Å². The summed E-state index contributed by atoms with van der Waals surface area (Å²) in [5.74, 6) is 0. The molecule has 0 aliphatic carbocycles. The summed E-state index contributed by atoms with van der Waals surface area (Å²) in [5, 5.41) is 0. The van der Waals surface area contributed by atoms with Gasteiger partial charge in [-0.3, -0.25) is 4.98 Å². The summed E-state index contributed by atoms with van der Waals surface area (Å²) in [6.45, 7) is 5.14. The molecule has 2 rings (SSSR count). The average molecular weight is 244 g/mol. The van der Waals surface area contributed by atoms with Crippen molar-refractivity contribution in [2.45, 2.75) is 32.2 Å². The van der Waals surface area contributed by atoms with Gasteiger partial charge in [0.25, 0.3) is 0 Å². The van der Waals surface area contributed by atoms with Crippen LogP contribution in [0.5, 0.6) is 0 Å². The highest BCUT2D eigenvalue weighted by Crippen LogP contribution is 2.24. The van der Waals surface area contributed by atoms with Gasteiger partial charge in [-0.05, 0) is 45.4 Å². The molecule has 0 radical (unpaired) electrons. The second-order valence-corrected chi connectivity index (χ2v) is 5.11. The highest BCUT2D eigenvalue weighted by molar-refractivity contribution is 5.56. The zero-order valence-corrected chi connectivity index (χ0v) is 11.0. The van der Waals surface area contributed by atoms with Gasteiger partial charge in [0.1, 0.15) is 0 Å². The van der Waals surface area contributed by atoms with E-state index < -0.39 is 0 Å². The van der Waals surface area contributed by atoms with Gasteiger partial charge in [-0.25, -0.2) is 4.98 Å². The quantitative estimate of drug-likeness (QED) is 0.878. The molecule has 4 heteroatoms. The lowest BCUT2D eigenvalue weighted by molar-refractivity contribution is 0.320. The SMILES string of the molecule is CC(C)(CCCN)n1cnc(-c2cccnc2)c1. The summed E-state index contributed by atoms with van der Waals surface area (Å²) in [6.07, 6.45) is 9.64. The Hall–Kier alpha value is -1.68. The number of hydrogen-bond acceptors (Lipinski definition) is 3. The minimum absolute atomic E-state index is 0.0484. The summed E-state index contributed by atoms with van der Waals surface area (Å²) in [4.78, 5) is 8.57. The Morgan fingerprint density at radius 1 is 1.39 bits per heavy atom. The molecule has 96 valence electrons. The third-order valence-electron chi connectivity index (χ3n) is 3.23. The summed E-state index contributed by atoms with van der Waals surface area (Å²) in [6, 6.07) is 3.94. The molecule has 0 saturated heterocycles. The predicted molar refractivity (Wildman–Crippen MR) is 73.1 cm³/mol. The second-order valence-electron chi connectivity index (χ2n) is 5.11. The molecule has 0 saturated carbocycles. The Morgan fingerprint density at radius 3 is 2.89 bits per heavy atom. The van der Waals surface area contributed by atoms with Gasteiger partial charge in [0.05, 0.1) is 12.0 Å². The van der Waals surface area contributed by atoms with E-state index in [9.17, 15) is 0 Å². The van der Waals surface area contributed by atoms with Crippen molar-refractivity contribution in [1.82, 2.24) is 14.5 Å². The molecular weight excluding hydrogens is 224 g/mol. The van der Waals surface area contributed by atoms with Crippen LogP contribution in [0.25, 0.3) is 11.3 Å². The van der Waals surface area contributed by atoms with Crippen molar-refractivity contribution >= 4 is 0 Å². The number of hydrogen-bond donors (Lipinski definition) is 1. The highest BCUT2D eigenvalue weighted by Gasteiger charge is 2.19. The molecule has 2 aromatic heterocycles. The van der Waals surface area contributed by atoms with Crippen LogP contribution in [0.1, 0.15) is 26.7 Å². The number of nitrogens with two attached hydrogens (primary N) is 1. The molecule has 0 aliphatic rings. The molecule has 0 fully saturated rings. The van der Waals surface area contributed by atoms with Crippen LogP contribution in [0.4, 0.5) is 0 Å². The Kier molecular flexibility index (Phi) is 3.77. The fourth-order valence-corrected chi connectivity index (χ4v) is 1.98. The molecule has 0 atom stereocenters. The van der Waals surface area contributed by atoms with Crippen LogP contribution in [0, 0.1) is 0 Å². The summed E-state index contributed by atoms with van der Waals surface area (Å²) in [5.41, 5.74) is 7.63. The van der Waals surface area contributed by atoms with E-state index in [1.54, 1.807) is 6.20 Å². The molecule has 2 heterocycles. The molecule has 0 amide bonds. The van der Waals surface area contributed by atoms with Crippen molar-refractivity contribution in [2.24, 2.45) is 5.73 Å². The van der Waals surface area contributed by atoms with E-state index in [2.05, 4.69) is 34.6 Å². The highest BCUT2D eigenvalue weighted by atomic mass is 15.1. The molecule has 0 unspecified atom stereocenters. The zero-order chi connectivity index (χ0) is 13.0. The lowest BCUT2D eigenvalue weighted by Crippen LogP contribution is -2.25. The number of pyridine rings is 1. The molecular formula is C14H20N4. The fourth-order valence-electron chi connectivity index (χ4n) is 1.98. The van der Waals surface area contributed by atoms with E-state index in [0.717, 1.165) is 30.6 Å². The lowest BCUT2D eigenvalue weighted by atomic mass is 9.98. The Balaban J connectivity index is 2.20. The molecule has 2 N–H and O–H groups in total. The van der Waals surface area contributed by atoms with Gasteiger partial charge >= 0.3 is 0 Å². The van der Waals surface area contributed by atoms with Crippen LogP contribution < -0.4 is 5.73 Å². The van der Waals surface area contributed by atoms with Crippen molar-refractivity contribution in [2.75, 3.05) is 6.54 Å². The number of nitrogens with zero attached hydrogens (tertiary/aromatic N) is 3. The van der Waals surface area contributed by atoms with Gasteiger partial charge in [-0.1, -0.05) is 0 Å². The first kappa shape index (κ1) is 12.8. The maximum Gasteiger partial charge on any atom is 0.0958 e.